The number of likely N-dealkylation sites (tertiary alicyclic amines) is 1. The Balaban J connectivity index is 1.26. The number of aromatic hydroxyl groups is 1. The van der Waals surface area contributed by atoms with Crippen molar-refractivity contribution in [3.8, 4) is 28.9 Å². The van der Waals surface area contributed by atoms with E-state index in [-0.39, 0.29) is 82.7 Å². The molecule has 8 rings (SSSR count). The summed E-state index contributed by atoms with van der Waals surface area (Å²) in [5, 5.41) is 32.5. The highest BCUT2D eigenvalue weighted by Gasteiger charge is 2.49. The zero-order valence-corrected chi connectivity index (χ0v) is 29.5. The first-order valence-corrected chi connectivity index (χ1v) is 18.1. The number of benzene rings is 2. The molecule has 4 fully saturated rings. The van der Waals surface area contributed by atoms with Gasteiger partial charge in [-0.1, -0.05) is 18.6 Å². The molecule has 12 nitrogen and oxygen atoms in total. The van der Waals surface area contributed by atoms with E-state index in [2.05, 4.69) is 14.9 Å². The van der Waals surface area contributed by atoms with Crippen LogP contribution in [0, 0.1) is 23.0 Å². The topological polar surface area (TPSA) is 143 Å². The van der Waals surface area contributed by atoms with Crippen LogP contribution in [-0.2, 0) is 9.47 Å². The molecular weight excluding hydrogens is 676 g/mol. The molecule has 0 radical (unpaired) electrons. The van der Waals surface area contributed by atoms with Crippen molar-refractivity contribution in [2.75, 3.05) is 71.2 Å². The summed E-state index contributed by atoms with van der Waals surface area (Å²) in [6.07, 6.45) is 4.50. The van der Waals surface area contributed by atoms with Gasteiger partial charge in [0.05, 0.1) is 52.8 Å². The van der Waals surface area contributed by atoms with Crippen molar-refractivity contribution in [1.29, 1.82) is 0 Å². The van der Waals surface area contributed by atoms with Crippen LogP contribution in [0.15, 0.2) is 30.3 Å². The molecule has 2 aromatic carbocycles. The molecule has 4 aliphatic rings. The number of halogens is 2. The molecule has 4 atom stereocenters. The van der Waals surface area contributed by atoms with Gasteiger partial charge in [0.15, 0.2) is 5.82 Å². The standard InChI is InChI=1S/C38H45F2N5O7/c1-37(48)19-45(15-25(16-46)51-20-37)34-30-33(31(40)32(41-35(30)49-2)26-13-24(47)12-23-6-3-7-27(39)29(23)26)42-36(43-34)52-21-38-9-4-8-28(38)44(11-5-10-38)14-22-17-50-18-22/h3,6-7,12-13,22,25,28,46-48H,4-5,8-11,14-21H2,1-2H3/t25-,28-,37+,38-/m1/s1. The van der Waals surface area contributed by atoms with Crippen LogP contribution in [0.25, 0.3) is 32.9 Å². The van der Waals surface area contributed by atoms with Crippen LogP contribution >= 0.6 is 0 Å². The van der Waals surface area contributed by atoms with E-state index in [0.717, 1.165) is 58.4 Å². The van der Waals surface area contributed by atoms with E-state index in [1.807, 2.05) is 0 Å². The second kappa shape index (κ2) is 13.8. The van der Waals surface area contributed by atoms with Crippen molar-refractivity contribution in [3.05, 3.63) is 42.0 Å². The normalized spacial score (nSPS) is 27.1. The molecular formula is C38H45F2N5O7. The van der Waals surface area contributed by atoms with Gasteiger partial charge in [-0.2, -0.15) is 9.97 Å². The average Bonchev–Trinajstić information content (AvgIpc) is 3.48. The Morgan fingerprint density at radius 3 is 2.67 bits per heavy atom. The van der Waals surface area contributed by atoms with Gasteiger partial charge in [-0.25, -0.2) is 13.8 Å². The molecule has 4 aromatic rings. The maximum atomic E-state index is 17.2. The highest BCUT2D eigenvalue weighted by atomic mass is 19.1. The molecule has 52 heavy (non-hydrogen) atoms. The second-order valence-electron chi connectivity index (χ2n) is 15.2. The first-order chi connectivity index (χ1) is 25.1. The fourth-order valence-electron chi connectivity index (χ4n) is 8.83. The van der Waals surface area contributed by atoms with Crippen molar-refractivity contribution in [2.45, 2.75) is 56.8 Å². The van der Waals surface area contributed by atoms with Crippen LogP contribution in [0.2, 0.25) is 0 Å². The van der Waals surface area contributed by atoms with Crippen LogP contribution < -0.4 is 14.4 Å². The van der Waals surface area contributed by atoms with Gasteiger partial charge in [-0.05, 0) is 62.7 Å². The number of fused-ring (bicyclic) bond motifs is 3. The van der Waals surface area contributed by atoms with Gasteiger partial charge in [0, 0.05) is 41.4 Å². The van der Waals surface area contributed by atoms with E-state index in [0.29, 0.717) is 24.0 Å². The lowest BCUT2D eigenvalue weighted by atomic mass is 9.75. The van der Waals surface area contributed by atoms with Crippen molar-refractivity contribution >= 4 is 27.5 Å². The molecule has 14 heteroatoms. The SMILES string of the molecule is COc1nc(-c2cc(O)cc3cccc(F)c23)c(F)c2nc(OC[C@]34CCC[C@H]3N(CC3COC3)CCC4)nc(N3C[C@H](CO)OC[C@@](C)(O)C3)c12. The van der Waals surface area contributed by atoms with Gasteiger partial charge in [-0.3, -0.25) is 4.90 Å². The predicted molar refractivity (Wildman–Crippen MR) is 189 cm³/mol. The third-order valence-electron chi connectivity index (χ3n) is 11.3. The molecule has 0 bridgehead atoms. The fraction of sp³-hybridized carbons (Fsp3) is 0.553. The summed E-state index contributed by atoms with van der Waals surface area (Å²) in [6.45, 7) is 5.33. The zero-order valence-electron chi connectivity index (χ0n) is 29.5. The Labute approximate surface area is 300 Å². The minimum atomic E-state index is -1.35. The molecule has 0 amide bonds. The van der Waals surface area contributed by atoms with Gasteiger partial charge in [0.2, 0.25) is 5.88 Å². The van der Waals surface area contributed by atoms with Gasteiger partial charge >= 0.3 is 6.01 Å². The maximum Gasteiger partial charge on any atom is 0.319 e. The van der Waals surface area contributed by atoms with Crippen LogP contribution in [-0.4, -0.2) is 119 Å². The Kier molecular flexibility index (Phi) is 9.31. The lowest BCUT2D eigenvalue weighted by Gasteiger charge is -2.48. The highest BCUT2D eigenvalue weighted by Crippen LogP contribution is 2.49. The number of rotatable bonds is 9. The number of phenolic OH excluding ortho intramolecular Hbond substituents is 1. The van der Waals surface area contributed by atoms with E-state index in [4.69, 9.17) is 23.9 Å². The van der Waals surface area contributed by atoms with Crippen molar-refractivity contribution < 1.29 is 43.0 Å². The highest BCUT2D eigenvalue weighted by molar-refractivity contribution is 6.02. The number of aliphatic hydroxyl groups is 2. The third-order valence-corrected chi connectivity index (χ3v) is 11.3. The summed E-state index contributed by atoms with van der Waals surface area (Å²) in [6, 6.07) is 7.33. The average molecular weight is 722 g/mol. The van der Waals surface area contributed by atoms with Crippen molar-refractivity contribution in [2.24, 2.45) is 11.3 Å². The van der Waals surface area contributed by atoms with E-state index >= 15 is 8.78 Å². The van der Waals surface area contributed by atoms with Crippen LogP contribution in [0.3, 0.4) is 0 Å². The van der Waals surface area contributed by atoms with Gasteiger partial charge in [-0.15, -0.1) is 0 Å². The molecule has 3 saturated heterocycles. The van der Waals surface area contributed by atoms with E-state index in [9.17, 15) is 15.3 Å². The van der Waals surface area contributed by atoms with Gasteiger partial charge in [0.25, 0.3) is 0 Å². The molecule has 0 unspecified atom stereocenters. The van der Waals surface area contributed by atoms with Gasteiger partial charge < -0.3 is 39.2 Å². The molecule has 0 spiro atoms. The number of aromatic nitrogens is 3. The van der Waals surface area contributed by atoms with E-state index in [1.54, 1.807) is 17.9 Å². The first-order valence-electron chi connectivity index (χ1n) is 18.1. The number of anilines is 1. The van der Waals surface area contributed by atoms with Gasteiger partial charge in [0.1, 0.15) is 39.6 Å². The summed E-state index contributed by atoms with van der Waals surface area (Å²) >= 11 is 0. The summed E-state index contributed by atoms with van der Waals surface area (Å²) in [5.74, 6) is -1.03. The summed E-state index contributed by atoms with van der Waals surface area (Å²) in [7, 11) is 1.38. The number of hydrogen-bond acceptors (Lipinski definition) is 12. The number of β-amino-alcohol motifs (C(OH)–C–C–N with tert-alkyl or cyclic N) is 1. The molecule has 3 N–H and O–H groups in total. The van der Waals surface area contributed by atoms with E-state index in [1.165, 1.54) is 31.4 Å². The number of hydrogen-bond donors (Lipinski definition) is 3. The number of ether oxygens (including phenoxy) is 4. The summed E-state index contributed by atoms with van der Waals surface area (Å²) in [5.41, 5.74) is -1.92. The van der Waals surface area contributed by atoms with E-state index < -0.39 is 23.3 Å². The molecule has 1 aliphatic carbocycles. The van der Waals surface area contributed by atoms with Crippen molar-refractivity contribution in [3.63, 3.8) is 0 Å². The number of nitrogens with zero attached hydrogens (tertiary/aromatic N) is 5. The number of pyridine rings is 1. The second-order valence-corrected chi connectivity index (χ2v) is 15.2. The number of phenols is 1. The molecule has 278 valence electrons. The third kappa shape index (κ3) is 6.38. The predicted octanol–water partition coefficient (Wildman–Crippen LogP) is 4.45. The molecule has 5 heterocycles. The summed E-state index contributed by atoms with van der Waals surface area (Å²) < 4.78 is 56.1. The Morgan fingerprint density at radius 1 is 1.08 bits per heavy atom. The molecule has 1 saturated carbocycles. The summed E-state index contributed by atoms with van der Waals surface area (Å²) in [4.78, 5) is 18.3. The minimum Gasteiger partial charge on any atom is -0.508 e. The quantitative estimate of drug-likeness (QED) is 0.225. The van der Waals surface area contributed by atoms with Crippen molar-refractivity contribution in [1.82, 2.24) is 19.9 Å². The van der Waals surface area contributed by atoms with Crippen LogP contribution in [0.4, 0.5) is 14.6 Å². The van der Waals surface area contributed by atoms with Crippen LogP contribution in [0.1, 0.15) is 39.0 Å². The monoisotopic (exact) mass is 721 g/mol. The lowest BCUT2D eigenvalue weighted by Crippen LogP contribution is -2.54. The van der Waals surface area contributed by atoms with Crippen LogP contribution in [0.5, 0.6) is 17.6 Å². The Morgan fingerprint density at radius 2 is 1.90 bits per heavy atom. The number of piperidine rings is 1. The number of aliphatic hydroxyl groups excluding tert-OH is 1. The largest absolute Gasteiger partial charge is 0.508 e. The zero-order chi connectivity index (χ0) is 36.2. The Bertz CT molecular complexity index is 1980. The first kappa shape index (κ1) is 35.1. The fourth-order valence-corrected chi connectivity index (χ4v) is 8.83. The number of methoxy groups -OCH3 is 1. The lowest BCUT2D eigenvalue weighted by molar-refractivity contribution is -0.0731. The minimum absolute atomic E-state index is 0.0201. The molecule has 2 aromatic heterocycles. The smallest absolute Gasteiger partial charge is 0.319 e. The maximum absolute atomic E-state index is 17.2. The molecule has 3 aliphatic heterocycles. The Hall–Kier alpha value is -3.95.